The first-order chi connectivity index (χ1) is 13.3. The van der Waals surface area contributed by atoms with Gasteiger partial charge in [0.2, 0.25) is 0 Å². The first-order valence-corrected chi connectivity index (χ1v) is 9.81. The summed E-state index contributed by atoms with van der Waals surface area (Å²) in [6.07, 6.45) is 2.18. The number of hydrogen-bond donors (Lipinski definition) is 3. The molecule has 28 heavy (non-hydrogen) atoms. The van der Waals surface area contributed by atoms with Crippen molar-refractivity contribution in [1.82, 2.24) is 5.32 Å². The molecule has 0 spiro atoms. The summed E-state index contributed by atoms with van der Waals surface area (Å²) in [4.78, 5) is 26.1. The van der Waals surface area contributed by atoms with Gasteiger partial charge in [0.25, 0.3) is 5.91 Å². The quantitative estimate of drug-likeness (QED) is 0.274. The molecule has 0 fully saturated rings. The number of carbonyl (C=O) groups excluding carboxylic acids is 2. The van der Waals surface area contributed by atoms with E-state index < -0.39 is 0 Å². The molecule has 1 atom stereocenters. The van der Waals surface area contributed by atoms with Crippen molar-refractivity contribution in [3.63, 3.8) is 0 Å². The number of esters is 1. The van der Waals surface area contributed by atoms with Crippen molar-refractivity contribution >= 4 is 34.6 Å². The molecule has 7 heteroatoms. The fourth-order valence-electron chi connectivity index (χ4n) is 2.59. The predicted octanol–water partition coefficient (Wildman–Crippen LogP) is 3.36. The SMILES string of the molecule is CCOC(=O)/C=C(\C)c1ccc(CC(C)NC(=O)c2ccc(C(=N)N)cc2)s1. The maximum absolute atomic E-state index is 12.4. The van der Waals surface area contributed by atoms with Crippen molar-refractivity contribution in [1.29, 1.82) is 5.41 Å². The van der Waals surface area contributed by atoms with E-state index in [0.29, 0.717) is 24.2 Å². The average Bonchev–Trinajstić information content (AvgIpc) is 3.10. The van der Waals surface area contributed by atoms with Crippen molar-refractivity contribution in [3.05, 3.63) is 63.4 Å². The number of amidine groups is 1. The number of benzene rings is 1. The average molecular weight is 400 g/mol. The van der Waals surface area contributed by atoms with Crippen LogP contribution in [-0.2, 0) is 16.0 Å². The molecule has 1 aromatic heterocycles. The molecular formula is C21H25N3O3S. The number of amides is 1. The lowest BCUT2D eigenvalue weighted by Crippen LogP contribution is -2.33. The number of hydrogen-bond acceptors (Lipinski definition) is 5. The smallest absolute Gasteiger partial charge is 0.331 e. The standard InChI is InChI=1S/C21H25N3O3S/c1-4-27-19(25)11-13(2)18-10-9-17(28-18)12-14(3)24-21(26)16-7-5-15(6-8-16)20(22)23/h5-11,14H,4,12H2,1-3H3,(H3,22,23)(H,24,26)/b13-11+. The molecule has 0 saturated carbocycles. The Hall–Kier alpha value is -2.93. The van der Waals surface area contributed by atoms with Crippen LogP contribution in [-0.4, -0.2) is 30.4 Å². The molecule has 1 amide bonds. The summed E-state index contributed by atoms with van der Waals surface area (Å²) in [7, 11) is 0. The molecule has 6 nitrogen and oxygen atoms in total. The summed E-state index contributed by atoms with van der Waals surface area (Å²) in [5.41, 5.74) is 7.39. The minimum atomic E-state index is -0.341. The highest BCUT2D eigenvalue weighted by molar-refractivity contribution is 7.13. The van der Waals surface area contributed by atoms with Gasteiger partial charge >= 0.3 is 5.97 Å². The maximum atomic E-state index is 12.4. The van der Waals surface area contributed by atoms with Gasteiger partial charge in [-0.1, -0.05) is 12.1 Å². The molecular weight excluding hydrogens is 374 g/mol. The lowest BCUT2D eigenvalue weighted by molar-refractivity contribution is -0.137. The van der Waals surface area contributed by atoms with E-state index in [-0.39, 0.29) is 23.8 Å². The number of rotatable bonds is 8. The minimum absolute atomic E-state index is 0.0267. The third-order valence-electron chi connectivity index (χ3n) is 4.01. The highest BCUT2D eigenvalue weighted by Crippen LogP contribution is 2.25. The van der Waals surface area contributed by atoms with E-state index in [0.717, 1.165) is 15.3 Å². The van der Waals surface area contributed by atoms with Crippen LogP contribution < -0.4 is 11.1 Å². The minimum Gasteiger partial charge on any atom is -0.463 e. The molecule has 0 aliphatic carbocycles. The predicted molar refractivity (Wildman–Crippen MR) is 113 cm³/mol. The number of carbonyl (C=O) groups is 2. The third-order valence-corrected chi connectivity index (χ3v) is 5.26. The van der Waals surface area contributed by atoms with Gasteiger partial charge in [0.05, 0.1) is 6.61 Å². The molecule has 0 aliphatic heterocycles. The Kier molecular flexibility index (Phi) is 7.52. The molecule has 1 unspecified atom stereocenters. The zero-order valence-electron chi connectivity index (χ0n) is 16.2. The topological polar surface area (TPSA) is 105 Å². The van der Waals surface area contributed by atoms with Crippen LogP contribution in [0.3, 0.4) is 0 Å². The van der Waals surface area contributed by atoms with Crippen molar-refractivity contribution < 1.29 is 14.3 Å². The Morgan fingerprint density at radius 2 is 1.86 bits per heavy atom. The van der Waals surface area contributed by atoms with Gasteiger partial charge in [0.1, 0.15) is 5.84 Å². The van der Waals surface area contributed by atoms with Gasteiger partial charge < -0.3 is 15.8 Å². The number of thiophene rings is 1. The summed E-state index contributed by atoms with van der Waals surface area (Å²) in [5.74, 6) is -0.537. The normalized spacial score (nSPS) is 12.3. The molecule has 4 N–H and O–H groups in total. The van der Waals surface area contributed by atoms with Crippen LogP contribution in [0.15, 0.2) is 42.5 Å². The molecule has 0 aliphatic rings. The van der Waals surface area contributed by atoms with Gasteiger partial charge in [-0.2, -0.15) is 0 Å². The fraction of sp³-hybridized carbons (Fsp3) is 0.286. The van der Waals surface area contributed by atoms with Gasteiger partial charge in [0.15, 0.2) is 0 Å². The fourth-order valence-corrected chi connectivity index (χ4v) is 3.70. The van der Waals surface area contributed by atoms with Crippen LogP contribution in [0.25, 0.3) is 5.57 Å². The number of nitrogens with one attached hydrogen (secondary N) is 2. The molecule has 0 bridgehead atoms. The largest absolute Gasteiger partial charge is 0.463 e. The zero-order valence-corrected chi connectivity index (χ0v) is 17.1. The number of allylic oxidation sites excluding steroid dienone is 1. The number of nitrogens with two attached hydrogens (primary N) is 1. The van der Waals surface area contributed by atoms with Crippen molar-refractivity contribution in [2.45, 2.75) is 33.2 Å². The second-order valence-corrected chi connectivity index (χ2v) is 7.58. The summed E-state index contributed by atoms with van der Waals surface area (Å²) in [5, 5.41) is 10.4. The van der Waals surface area contributed by atoms with Crippen molar-refractivity contribution in [3.8, 4) is 0 Å². The van der Waals surface area contributed by atoms with E-state index in [1.54, 1.807) is 42.5 Å². The van der Waals surface area contributed by atoms with E-state index in [1.807, 2.05) is 26.0 Å². The molecule has 1 aromatic carbocycles. The highest BCUT2D eigenvalue weighted by Gasteiger charge is 2.12. The van der Waals surface area contributed by atoms with Crippen LogP contribution in [0.2, 0.25) is 0 Å². The van der Waals surface area contributed by atoms with E-state index in [2.05, 4.69) is 5.32 Å². The zero-order chi connectivity index (χ0) is 20.7. The summed E-state index contributed by atoms with van der Waals surface area (Å²) >= 11 is 1.59. The van der Waals surface area contributed by atoms with Gasteiger partial charge in [-0.05, 0) is 50.6 Å². The molecule has 2 rings (SSSR count). The molecule has 0 saturated heterocycles. The number of nitrogen functional groups attached to an aromatic ring is 1. The monoisotopic (exact) mass is 399 g/mol. The first-order valence-electron chi connectivity index (χ1n) is 8.99. The van der Waals surface area contributed by atoms with Crippen LogP contribution in [0.1, 0.15) is 46.4 Å². The van der Waals surface area contributed by atoms with Gasteiger partial charge in [0, 0.05) is 39.4 Å². The Labute approximate surface area is 168 Å². The van der Waals surface area contributed by atoms with Gasteiger partial charge in [-0.3, -0.25) is 10.2 Å². The van der Waals surface area contributed by atoms with E-state index in [1.165, 1.54) is 6.08 Å². The lowest BCUT2D eigenvalue weighted by Gasteiger charge is -2.13. The second-order valence-electron chi connectivity index (χ2n) is 6.42. The van der Waals surface area contributed by atoms with Gasteiger partial charge in [-0.15, -0.1) is 11.3 Å². The Morgan fingerprint density at radius 1 is 1.21 bits per heavy atom. The van der Waals surface area contributed by atoms with E-state index in [9.17, 15) is 9.59 Å². The van der Waals surface area contributed by atoms with Gasteiger partial charge in [-0.25, -0.2) is 4.79 Å². The second kappa shape index (κ2) is 9.85. The maximum Gasteiger partial charge on any atom is 0.331 e. The Bertz CT molecular complexity index is 885. The molecule has 1 heterocycles. The van der Waals surface area contributed by atoms with E-state index >= 15 is 0 Å². The third kappa shape index (κ3) is 6.06. The Morgan fingerprint density at radius 3 is 2.46 bits per heavy atom. The van der Waals surface area contributed by atoms with Crippen LogP contribution in [0, 0.1) is 5.41 Å². The van der Waals surface area contributed by atoms with Crippen LogP contribution >= 0.6 is 11.3 Å². The van der Waals surface area contributed by atoms with Crippen LogP contribution in [0.5, 0.6) is 0 Å². The van der Waals surface area contributed by atoms with Crippen molar-refractivity contribution in [2.75, 3.05) is 6.61 Å². The summed E-state index contributed by atoms with van der Waals surface area (Å²) in [6, 6.07) is 10.6. The molecule has 2 aromatic rings. The summed E-state index contributed by atoms with van der Waals surface area (Å²) in [6.45, 7) is 5.95. The Balaban J connectivity index is 1.95. The summed E-state index contributed by atoms with van der Waals surface area (Å²) < 4.78 is 4.93. The van der Waals surface area contributed by atoms with Crippen LogP contribution in [0.4, 0.5) is 0 Å². The van der Waals surface area contributed by atoms with E-state index in [4.69, 9.17) is 15.9 Å². The highest BCUT2D eigenvalue weighted by atomic mass is 32.1. The molecule has 148 valence electrons. The number of ether oxygens (including phenoxy) is 1. The first kappa shape index (κ1) is 21.4. The molecule has 0 radical (unpaired) electrons. The van der Waals surface area contributed by atoms with Crippen molar-refractivity contribution in [2.24, 2.45) is 5.73 Å². The lowest BCUT2D eigenvalue weighted by atomic mass is 10.1.